The van der Waals surface area contributed by atoms with Gasteiger partial charge >= 0.3 is 0 Å². The summed E-state index contributed by atoms with van der Waals surface area (Å²) in [6.45, 7) is 2.54. The van der Waals surface area contributed by atoms with E-state index in [9.17, 15) is 9.59 Å². The molecule has 1 fully saturated rings. The summed E-state index contributed by atoms with van der Waals surface area (Å²) in [7, 11) is 0. The Labute approximate surface area is 158 Å². The van der Waals surface area contributed by atoms with Crippen molar-refractivity contribution in [3.05, 3.63) is 54.1 Å². The Morgan fingerprint density at radius 2 is 1.92 bits per heavy atom. The molecule has 2 aromatic rings. The van der Waals surface area contributed by atoms with E-state index in [4.69, 9.17) is 0 Å². The molecule has 0 aliphatic carbocycles. The molecule has 0 unspecified atom stereocenters. The van der Waals surface area contributed by atoms with Crippen LogP contribution in [0, 0.1) is 5.92 Å². The summed E-state index contributed by atoms with van der Waals surface area (Å²) in [6.07, 6.45) is 3.18. The Hall–Kier alpha value is -2.27. The van der Waals surface area contributed by atoms with Crippen LogP contribution < -0.4 is 9.80 Å². The molecule has 2 amide bonds. The van der Waals surface area contributed by atoms with Gasteiger partial charge < -0.3 is 9.80 Å². The summed E-state index contributed by atoms with van der Waals surface area (Å²) in [5.41, 5.74) is 3.09. The number of benzene rings is 2. The van der Waals surface area contributed by atoms with E-state index >= 15 is 0 Å². The number of hydrogen-bond donors (Lipinski definition) is 0. The summed E-state index contributed by atoms with van der Waals surface area (Å²) < 4.78 is 0. The van der Waals surface area contributed by atoms with Crippen LogP contribution >= 0.6 is 11.8 Å². The van der Waals surface area contributed by atoms with E-state index in [0.29, 0.717) is 6.54 Å². The monoisotopic (exact) mass is 366 g/mol. The largest absolute Gasteiger partial charge is 0.312 e. The molecule has 5 heteroatoms. The van der Waals surface area contributed by atoms with Crippen molar-refractivity contribution < 1.29 is 9.59 Å². The van der Waals surface area contributed by atoms with Crippen molar-refractivity contribution in [1.29, 1.82) is 0 Å². The van der Waals surface area contributed by atoms with Crippen molar-refractivity contribution in [2.45, 2.75) is 30.7 Å². The van der Waals surface area contributed by atoms with E-state index in [-0.39, 0.29) is 30.2 Å². The van der Waals surface area contributed by atoms with Crippen LogP contribution in [0.2, 0.25) is 0 Å². The molecule has 0 spiro atoms. The lowest BCUT2D eigenvalue weighted by molar-refractivity contribution is -0.124. The molecule has 1 saturated heterocycles. The maximum atomic E-state index is 13.2. The lowest BCUT2D eigenvalue weighted by Crippen LogP contribution is -2.41. The van der Waals surface area contributed by atoms with E-state index < -0.39 is 0 Å². The first kappa shape index (κ1) is 17.2. The third-order valence-corrected chi connectivity index (χ3v) is 6.01. The van der Waals surface area contributed by atoms with E-state index in [1.165, 1.54) is 5.56 Å². The maximum absolute atomic E-state index is 13.2. The van der Waals surface area contributed by atoms with Crippen LogP contribution in [0.25, 0.3) is 0 Å². The fraction of sp³-hybridized carbons (Fsp3) is 0.333. The normalized spacial score (nSPS) is 22.0. The second-order valence-electron chi connectivity index (χ2n) is 7.00. The summed E-state index contributed by atoms with van der Waals surface area (Å²) in [6, 6.07) is 16.2. The molecule has 0 radical (unpaired) electrons. The number of carbonyl (C=O) groups excluding carboxylic acids is 2. The van der Waals surface area contributed by atoms with Crippen LogP contribution in [0.15, 0.2) is 53.4 Å². The number of anilines is 2. The van der Waals surface area contributed by atoms with E-state index in [0.717, 1.165) is 22.7 Å². The quantitative estimate of drug-likeness (QED) is 0.777. The van der Waals surface area contributed by atoms with E-state index in [1.807, 2.05) is 53.6 Å². The lowest BCUT2D eigenvalue weighted by atomic mass is 10.1. The van der Waals surface area contributed by atoms with Gasteiger partial charge in [-0.25, -0.2) is 0 Å². The second-order valence-corrected chi connectivity index (χ2v) is 7.88. The molecule has 2 heterocycles. The van der Waals surface area contributed by atoms with Gasteiger partial charge in [-0.15, -0.1) is 11.8 Å². The van der Waals surface area contributed by atoms with Gasteiger partial charge in [0.15, 0.2) is 0 Å². The smallest absolute Gasteiger partial charge is 0.232 e. The molecule has 0 aromatic heterocycles. The Morgan fingerprint density at radius 1 is 1.12 bits per heavy atom. The van der Waals surface area contributed by atoms with Crippen molar-refractivity contribution in [2.75, 3.05) is 22.6 Å². The molecular weight excluding hydrogens is 344 g/mol. The topological polar surface area (TPSA) is 40.6 Å². The zero-order valence-electron chi connectivity index (χ0n) is 15.0. The average Bonchev–Trinajstić information content (AvgIpc) is 3.20. The molecule has 2 atom stereocenters. The van der Waals surface area contributed by atoms with Crippen molar-refractivity contribution in [3.8, 4) is 0 Å². The summed E-state index contributed by atoms with van der Waals surface area (Å²) in [4.78, 5) is 30.6. The highest BCUT2D eigenvalue weighted by atomic mass is 32.2. The highest BCUT2D eigenvalue weighted by molar-refractivity contribution is 7.98. The minimum Gasteiger partial charge on any atom is -0.312 e. The number of rotatable bonds is 3. The zero-order chi connectivity index (χ0) is 18.3. The summed E-state index contributed by atoms with van der Waals surface area (Å²) >= 11 is 1.65. The number of fused-ring (bicyclic) bond motifs is 1. The number of amides is 2. The molecule has 26 heavy (non-hydrogen) atoms. The molecule has 0 saturated carbocycles. The summed E-state index contributed by atoms with van der Waals surface area (Å²) in [5.74, 6) is -0.185. The number of para-hydroxylation sites is 1. The molecule has 2 aliphatic rings. The Morgan fingerprint density at radius 3 is 2.73 bits per heavy atom. The first-order valence-corrected chi connectivity index (χ1v) is 10.2. The van der Waals surface area contributed by atoms with E-state index in [1.54, 1.807) is 16.7 Å². The van der Waals surface area contributed by atoms with E-state index in [2.05, 4.69) is 13.0 Å². The SMILES string of the molecule is CSc1cccc(N2C[C@@H](C(=O)N3c4ccccc4C[C@@H]3C)CC2=O)c1. The highest BCUT2D eigenvalue weighted by Crippen LogP contribution is 2.35. The Kier molecular flexibility index (Phi) is 4.49. The van der Waals surface area contributed by atoms with Gasteiger partial charge in [0.25, 0.3) is 0 Å². The standard InChI is InChI=1S/C21H22N2O2S/c1-14-10-15-6-3-4-9-19(15)23(14)21(25)16-11-20(24)22(13-16)17-7-5-8-18(12-17)26-2/h3-9,12,14,16H,10-11,13H2,1-2H3/t14-,16-/m0/s1. The first-order valence-electron chi connectivity index (χ1n) is 8.94. The van der Waals surface area contributed by atoms with Gasteiger partial charge in [-0.05, 0) is 49.4 Å². The molecular formula is C21H22N2O2S. The fourth-order valence-corrected chi connectivity index (χ4v) is 4.45. The molecule has 0 N–H and O–H groups in total. The number of carbonyl (C=O) groups is 2. The molecule has 134 valence electrons. The van der Waals surface area contributed by atoms with Crippen molar-refractivity contribution in [2.24, 2.45) is 5.92 Å². The van der Waals surface area contributed by atoms with Crippen LogP contribution in [0.5, 0.6) is 0 Å². The van der Waals surface area contributed by atoms with Gasteiger partial charge in [-0.3, -0.25) is 9.59 Å². The first-order chi connectivity index (χ1) is 12.6. The molecule has 2 aliphatic heterocycles. The second kappa shape index (κ2) is 6.80. The highest BCUT2D eigenvalue weighted by Gasteiger charge is 2.41. The predicted octanol–water partition coefficient (Wildman–Crippen LogP) is 3.74. The van der Waals surface area contributed by atoms with Crippen LogP contribution in [0.1, 0.15) is 18.9 Å². The minimum atomic E-state index is -0.283. The molecule has 4 rings (SSSR count). The Balaban J connectivity index is 1.56. The number of hydrogen-bond acceptors (Lipinski definition) is 3. The van der Waals surface area contributed by atoms with Gasteiger partial charge in [0.2, 0.25) is 11.8 Å². The van der Waals surface area contributed by atoms with Gasteiger partial charge in [0, 0.05) is 35.3 Å². The van der Waals surface area contributed by atoms with Crippen molar-refractivity contribution in [3.63, 3.8) is 0 Å². The third-order valence-electron chi connectivity index (χ3n) is 5.28. The van der Waals surface area contributed by atoms with Gasteiger partial charge in [0.1, 0.15) is 0 Å². The summed E-state index contributed by atoms with van der Waals surface area (Å²) in [5, 5.41) is 0. The van der Waals surface area contributed by atoms with Gasteiger partial charge in [-0.2, -0.15) is 0 Å². The minimum absolute atomic E-state index is 0.0294. The predicted molar refractivity (Wildman–Crippen MR) is 106 cm³/mol. The maximum Gasteiger partial charge on any atom is 0.232 e. The number of thioether (sulfide) groups is 1. The lowest BCUT2D eigenvalue weighted by Gasteiger charge is -2.26. The Bertz CT molecular complexity index is 867. The molecule has 2 aromatic carbocycles. The van der Waals surface area contributed by atoms with Gasteiger partial charge in [0.05, 0.1) is 5.92 Å². The third kappa shape index (κ3) is 2.90. The number of nitrogens with zero attached hydrogens (tertiary/aromatic N) is 2. The van der Waals surface area contributed by atoms with Crippen LogP contribution in [0.4, 0.5) is 11.4 Å². The van der Waals surface area contributed by atoms with Crippen molar-refractivity contribution in [1.82, 2.24) is 0 Å². The van der Waals surface area contributed by atoms with Gasteiger partial charge in [-0.1, -0.05) is 24.3 Å². The average molecular weight is 366 g/mol. The van der Waals surface area contributed by atoms with Crippen LogP contribution in [-0.4, -0.2) is 30.7 Å². The molecule has 0 bridgehead atoms. The van der Waals surface area contributed by atoms with Crippen molar-refractivity contribution >= 4 is 35.0 Å². The van der Waals surface area contributed by atoms with Crippen LogP contribution in [0.3, 0.4) is 0 Å². The van der Waals surface area contributed by atoms with Crippen LogP contribution in [-0.2, 0) is 16.0 Å². The molecule has 4 nitrogen and oxygen atoms in total. The fourth-order valence-electron chi connectivity index (χ4n) is 4.00. The zero-order valence-corrected chi connectivity index (χ0v) is 15.8.